The maximum Gasteiger partial charge on any atom is 0.290 e. The van der Waals surface area contributed by atoms with Gasteiger partial charge in [0.2, 0.25) is 11.8 Å². The normalized spacial score (nSPS) is 30.1. The van der Waals surface area contributed by atoms with Crippen LogP contribution in [-0.4, -0.2) is 69.8 Å². The minimum Gasteiger partial charge on any atom is -0.483 e. The monoisotopic (exact) mass is 446 g/mol. The molecule has 0 unspecified atom stereocenters. The number of aryl methyl sites for hydroxylation is 1. The number of ether oxygens (including phenoxy) is 1. The van der Waals surface area contributed by atoms with Crippen molar-refractivity contribution in [1.29, 1.82) is 0 Å². The van der Waals surface area contributed by atoms with Gasteiger partial charge in [-0.25, -0.2) is 5.10 Å². The summed E-state index contributed by atoms with van der Waals surface area (Å²) in [6.07, 6.45) is 6.29. The lowest BCUT2D eigenvalue weighted by Gasteiger charge is -2.30. The highest BCUT2D eigenvalue weighted by Gasteiger charge is 2.63. The average Bonchev–Trinajstić information content (AvgIpc) is 3.39. The van der Waals surface area contributed by atoms with E-state index < -0.39 is 0 Å². The number of nitrogens with zero attached hydrogens (tertiary/aromatic N) is 2. The highest BCUT2D eigenvalue weighted by Crippen LogP contribution is 2.54. The summed E-state index contributed by atoms with van der Waals surface area (Å²) in [5, 5.41) is 16.4. The Balaban J connectivity index is 0.000000775. The number of carbonyl (C=O) groups excluding carboxylic acids is 2. The fourth-order valence-electron chi connectivity index (χ4n) is 5.59. The molecule has 4 heterocycles. The van der Waals surface area contributed by atoms with Crippen molar-refractivity contribution in [3.05, 3.63) is 28.2 Å². The molecular weight excluding hydrogens is 416 g/mol. The molecule has 1 spiro atoms. The number of rotatable bonds is 6. The van der Waals surface area contributed by atoms with Gasteiger partial charge in [-0.2, -0.15) is 5.10 Å². The number of aromatic nitrogens is 2. The third kappa shape index (κ3) is 4.41. The molecule has 10 nitrogen and oxygen atoms in total. The molecule has 4 aliphatic rings. The van der Waals surface area contributed by atoms with Crippen LogP contribution in [0, 0.1) is 17.8 Å². The Morgan fingerprint density at radius 1 is 1.34 bits per heavy atom. The first-order chi connectivity index (χ1) is 15.5. The van der Waals surface area contributed by atoms with Crippen LogP contribution in [0.1, 0.15) is 44.2 Å². The number of nitrogens with one attached hydrogen (secondary N) is 2. The van der Waals surface area contributed by atoms with Crippen molar-refractivity contribution in [2.75, 3.05) is 19.6 Å². The van der Waals surface area contributed by atoms with Gasteiger partial charge in [0.25, 0.3) is 12.0 Å². The third-order valence-corrected chi connectivity index (χ3v) is 7.46. The van der Waals surface area contributed by atoms with Crippen molar-refractivity contribution in [1.82, 2.24) is 20.4 Å². The van der Waals surface area contributed by atoms with E-state index in [1.165, 1.54) is 6.07 Å². The summed E-state index contributed by atoms with van der Waals surface area (Å²) in [6.45, 7) is 1.77. The van der Waals surface area contributed by atoms with E-state index in [-0.39, 0.29) is 41.5 Å². The van der Waals surface area contributed by atoms with Gasteiger partial charge in [0.15, 0.2) is 0 Å². The molecule has 0 aromatic carbocycles. The summed E-state index contributed by atoms with van der Waals surface area (Å²) in [6, 6.07) is 3.09. The van der Waals surface area contributed by atoms with Crippen molar-refractivity contribution in [3.63, 3.8) is 0 Å². The molecule has 32 heavy (non-hydrogen) atoms. The van der Waals surface area contributed by atoms with E-state index in [1.54, 1.807) is 6.07 Å². The first-order valence-corrected chi connectivity index (χ1v) is 11.3. The first kappa shape index (κ1) is 22.4. The number of hydrogen-bond donors (Lipinski definition) is 3. The molecule has 2 bridgehead atoms. The molecule has 3 saturated heterocycles. The summed E-state index contributed by atoms with van der Waals surface area (Å²) in [7, 11) is 0. The summed E-state index contributed by atoms with van der Waals surface area (Å²) in [5.74, 6) is 1.09. The van der Waals surface area contributed by atoms with Gasteiger partial charge in [-0.3, -0.25) is 19.2 Å². The second-order valence-corrected chi connectivity index (χ2v) is 9.20. The van der Waals surface area contributed by atoms with Crippen LogP contribution >= 0.6 is 0 Å². The summed E-state index contributed by atoms with van der Waals surface area (Å²) < 4.78 is 6.39. The van der Waals surface area contributed by atoms with Gasteiger partial charge in [-0.05, 0) is 31.7 Å². The third-order valence-electron chi connectivity index (χ3n) is 7.46. The number of fused-ring (bicyclic) bond motifs is 1. The molecule has 174 valence electrons. The molecule has 0 radical (unpaired) electrons. The van der Waals surface area contributed by atoms with Gasteiger partial charge in [-0.1, -0.05) is 6.42 Å². The lowest BCUT2D eigenvalue weighted by atomic mass is 9.73. The van der Waals surface area contributed by atoms with Crippen LogP contribution in [0.2, 0.25) is 0 Å². The predicted molar refractivity (Wildman–Crippen MR) is 113 cm³/mol. The zero-order valence-corrected chi connectivity index (χ0v) is 18.0. The standard InChI is InChI=1S/C21H28N4O4.CH2O2/c26-18-6-4-14(23-24-18)5-7-19(27)25-11-16-15(10-22-20(28)13-2-1-3-13)17-8-9-21(16,12-25)29-17;2-1-3/h4,6,13,15-17H,1-3,5,7-12H2,(H,22,28)(H,24,26);1H,(H,2,3)/t15-,16+,17+,21+;/m0./s1. The highest BCUT2D eigenvalue weighted by molar-refractivity contribution is 5.79. The topological polar surface area (TPSA) is 142 Å². The van der Waals surface area contributed by atoms with Gasteiger partial charge in [-0.15, -0.1) is 0 Å². The van der Waals surface area contributed by atoms with Crippen molar-refractivity contribution in [2.24, 2.45) is 17.8 Å². The predicted octanol–water partition coefficient (Wildman–Crippen LogP) is 0.326. The minimum atomic E-state index is -0.250. The van der Waals surface area contributed by atoms with Crippen LogP contribution in [0.4, 0.5) is 0 Å². The molecule has 1 saturated carbocycles. The molecule has 3 N–H and O–H groups in total. The summed E-state index contributed by atoms with van der Waals surface area (Å²) >= 11 is 0. The minimum absolute atomic E-state index is 0.103. The van der Waals surface area contributed by atoms with E-state index >= 15 is 0 Å². The number of H-pyrrole nitrogens is 1. The van der Waals surface area contributed by atoms with Gasteiger partial charge in [0.1, 0.15) is 0 Å². The zero-order valence-electron chi connectivity index (χ0n) is 18.0. The Labute approximate surface area is 185 Å². The fraction of sp³-hybridized carbons (Fsp3) is 0.682. The molecule has 1 aliphatic carbocycles. The number of aromatic amines is 1. The fourth-order valence-corrected chi connectivity index (χ4v) is 5.59. The summed E-state index contributed by atoms with van der Waals surface area (Å²) in [4.78, 5) is 46.4. The summed E-state index contributed by atoms with van der Waals surface area (Å²) in [5.41, 5.74) is 0.252. The average molecular weight is 447 g/mol. The number of hydrogen-bond acceptors (Lipinski definition) is 6. The molecule has 4 atom stereocenters. The Morgan fingerprint density at radius 2 is 2.12 bits per heavy atom. The molecule has 4 fully saturated rings. The largest absolute Gasteiger partial charge is 0.483 e. The lowest BCUT2D eigenvalue weighted by molar-refractivity contribution is -0.132. The highest BCUT2D eigenvalue weighted by atomic mass is 16.5. The van der Waals surface area contributed by atoms with Crippen LogP contribution in [0.15, 0.2) is 16.9 Å². The van der Waals surface area contributed by atoms with Crippen molar-refractivity contribution in [3.8, 4) is 0 Å². The van der Waals surface area contributed by atoms with Crippen LogP contribution < -0.4 is 10.9 Å². The second kappa shape index (κ2) is 9.40. The van der Waals surface area contributed by atoms with Gasteiger partial charge < -0.3 is 20.1 Å². The lowest BCUT2D eigenvalue weighted by Crippen LogP contribution is -2.44. The maximum atomic E-state index is 12.8. The Morgan fingerprint density at radius 3 is 2.78 bits per heavy atom. The van der Waals surface area contributed by atoms with Gasteiger partial charge in [0.05, 0.1) is 23.9 Å². The van der Waals surface area contributed by atoms with Crippen LogP contribution in [0.25, 0.3) is 0 Å². The van der Waals surface area contributed by atoms with E-state index in [0.29, 0.717) is 50.0 Å². The Kier molecular flexibility index (Phi) is 6.59. The van der Waals surface area contributed by atoms with E-state index in [4.69, 9.17) is 14.6 Å². The van der Waals surface area contributed by atoms with E-state index in [0.717, 1.165) is 32.1 Å². The molecule has 10 heteroatoms. The number of amides is 2. The number of carbonyl (C=O) groups is 3. The van der Waals surface area contributed by atoms with Crippen LogP contribution in [-0.2, 0) is 25.5 Å². The van der Waals surface area contributed by atoms with Crippen molar-refractivity contribution in [2.45, 2.75) is 56.7 Å². The molecule has 1 aromatic heterocycles. The molecule has 5 rings (SSSR count). The quantitative estimate of drug-likeness (QED) is 0.535. The Bertz CT molecular complexity index is 895. The first-order valence-electron chi connectivity index (χ1n) is 11.3. The van der Waals surface area contributed by atoms with E-state index in [2.05, 4.69) is 15.5 Å². The molecule has 2 amide bonds. The smallest absolute Gasteiger partial charge is 0.290 e. The SMILES string of the molecule is O=C(NC[C@H]1[C@H]2CN(C(=O)CCc3ccc(=O)[nH]n3)C[C@]23CC[C@H]1O3)C1CCC1.O=CO. The molecule has 1 aromatic rings. The molecular formula is C22H30N4O6. The number of likely N-dealkylation sites (tertiary alicyclic amines) is 1. The number of carboxylic acid groups (broad SMARTS) is 1. The van der Waals surface area contributed by atoms with Crippen LogP contribution in [0.5, 0.6) is 0 Å². The van der Waals surface area contributed by atoms with E-state index in [1.807, 2.05) is 4.90 Å². The van der Waals surface area contributed by atoms with Crippen molar-refractivity contribution < 1.29 is 24.2 Å². The van der Waals surface area contributed by atoms with Crippen molar-refractivity contribution >= 4 is 18.3 Å². The van der Waals surface area contributed by atoms with Gasteiger partial charge in [0, 0.05) is 49.8 Å². The maximum absolute atomic E-state index is 12.8. The van der Waals surface area contributed by atoms with Gasteiger partial charge >= 0.3 is 0 Å². The Hall–Kier alpha value is -2.75. The van der Waals surface area contributed by atoms with E-state index in [9.17, 15) is 14.4 Å². The van der Waals surface area contributed by atoms with Crippen LogP contribution in [0.3, 0.4) is 0 Å². The molecule has 3 aliphatic heterocycles. The zero-order chi connectivity index (χ0) is 22.7. The second-order valence-electron chi connectivity index (χ2n) is 9.20.